The molecule has 0 atom stereocenters. The van der Waals surface area contributed by atoms with Crippen molar-refractivity contribution in [2.75, 3.05) is 31.3 Å². The number of carbonyl (C=O) groups is 1. The fourth-order valence-corrected chi connectivity index (χ4v) is 2.64. The predicted octanol–water partition coefficient (Wildman–Crippen LogP) is 2.61. The van der Waals surface area contributed by atoms with Gasteiger partial charge in [-0.25, -0.2) is 4.79 Å². The van der Waals surface area contributed by atoms with Crippen molar-refractivity contribution in [3.05, 3.63) is 10.4 Å². The van der Waals surface area contributed by atoms with Crippen molar-refractivity contribution < 1.29 is 14.3 Å². The second kappa shape index (κ2) is 8.49. The summed E-state index contributed by atoms with van der Waals surface area (Å²) in [5.41, 5.74) is 6.23. The van der Waals surface area contributed by atoms with Crippen LogP contribution in [0, 0.1) is 11.3 Å². The van der Waals surface area contributed by atoms with Gasteiger partial charge in [-0.05, 0) is 26.7 Å². The molecule has 0 fully saturated rings. The molecule has 0 saturated carbocycles. The van der Waals surface area contributed by atoms with Crippen LogP contribution < -0.4 is 11.1 Å². The van der Waals surface area contributed by atoms with E-state index < -0.39 is 5.97 Å². The Bertz CT molecular complexity index is 520. The first-order valence-electron chi connectivity index (χ1n) is 6.77. The Labute approximate surface area is 128 Å². The maximum absolute atomic E-state index is 11.7. The highest BCUT2D eigenvalue weighted by molar-refractivity contribution is 7.17. The third-order valence-corrected chi connectivity index (χ3v) is 3.81. The van der Waals surface area contributed by atoms with Crippen molar-refractivity contribution >= 4 is 28.0 Å². The monoisotopic (exact) mass is 311 g/mol. The lowest BCUT2D eigenvalue weighted by Gasteiger charge is -2.08. The van der Waals surface area contributed by atoms with Gasteiger partial charge in [0.1, 0.15) is 21.5 Å². The van der Waals surface area contributed by atoms with E-state index in [0.717, 1.165) is 12.8 Å². The van der Waals surface area contributed by atoms with Gasteiger partial charge in [0.25, 0.3) is 0 Å². The van der Waals surface area contributed by atoms with Gasteiger partial charge in [-0.1, -0.05) is 0 Å². The lowest BCUT2D eigenvalue weighted by molar-refractivity contribution is 0.0603. The predicted molar refractivity (Wildman–Crippen MR) is 83.6 cm³/mol. The molecule has 0 bridgehead atoms. The smallest absolute Gasteiger partial charge is 0.343 e. The Balaban J connectivity index is 2.58. The zero-order chi connectivity index (χ0) is 15.8. The van der Waals surface area contributed by atoms with Gasteiger partial charge in [-0.2, -0.15) is 5.26 Å². The van der Waals surface area contributed by atoms with Gasteiger partial charge in [0.05, 0.1) is 18.9 Å². The highest BCUT2D eigenvalue weighted by Crippen LogP contribution is 2.35. The topological polar surface area (TPSA) is 97.4 Å². The lowest BCUT2D eigenvalue weighted by Crippen LogP contribution is -2.10. The molecule has 1 rings (SSSR count). The van der Waals surface area contributed by atoms with Crippen molar-refractivity contribution in [3.8, 4) is 6.07 Å². The quantitative estimate of drug-likeness (QED) is 0.566. The number of carbonyl (C=O) groups excluding carboxylic acids is 1. The average molecular weight is 311 g/mol. The number of rotatable bonds is 8. The molecule has 1 aromatic rings. The van der Waals surface area contributed by atoms with Crippen molar-refractivity contribution in [1.82, 2.24) is 0 Å². The summed E-state index contributed by atoms with van der Waals surface area (Å²) in [7, 11) is 1.29. The zero-order valence-electron chi connectivity index (χ0n) is 12.6. The number of hydrogen-bond donors (Lipinski definition) is 2. The van der Waals surface area contributed by atoms with E-state index in [1.807, 2.05) is 19.9 Å². The van der Waals surface area contributed by atoms with E-state index in [0.29, 0.717) is 23.0 Å². The van der Waals surface area contributed by atoms with Gasteiger partial charge >= 0.3 is 5.97 Å². The molecule has 0 unspecified atom stereocenters. The number of methoxy groups -OCH3 is 1. The van der Waals surface area contributed by atoms with E-state index >= 15 is 0 Å². The van der Waals surface area contributed by atoms with Crippen LogP contribution in [0.15, 0.2) is 0 Å². The molecule has 21 heavy (non-hydrogen) atoms. The maximum Gasteiger partial charge on any atom is 0.343 e. The van der Waals surface area contributed by atoms with Crippen LogP contribution in [-0.4, -0.2) is 32.3 Å². The lowest BCUT2D eigenvalue weighted by atomic mass is 10.2. The van der Waals surface area contributed by atoms with E-state index in [-0.39, 0.29) is 17.4 Å². The second-order valence-electron chi connectivity index (χ2n) is 4.71. The molecule has 7 heteroatoms. The van der Waals surface area contributed by atoms with Gasteiger partial charge in [0.15, 0.2) is 0 Å². The van der Waals surface area contributed by atoms with Crippen molar-refractivity contribution in [2.45, 2.75) is 32.8 Å². The number of anilines is 2. The van der Waals surface area contributed by atoms with Gasteiger partial charge in [0, 0.05) is 13.2 Å². The Morgan fingerprint density at radius 1 is 1.48 bits per heavy atom. The summed E-state index contributed by atoms with van der Waals surface area (Å²) in [6, 6.07) is 1.98. The van der Waals surface area contributed by atoms with E-state index in [9.17, 15) is 4.79 Å². The Morgan fingerprint density at radius 2 is 2.19 bits per heavy atom. The Hall–Kier alpha value is -1.78. The molecule has 0 aliphatic carbocycles. The number of ether oxygens (including phenoxy) is 2. The molecule has 0 aromatic carbocycles. The number of thiophene rings is 1. The van der Waals surface area contributed by atoms with E-state index in [1.54, 1.807) is 0 Å². The van der Waals surface area contributed by atoms with E-state index in [1.165, 1.54) is 18.4 Å². The molecule has 0 saturated heterocycles. The van der Waals surface area contributed by atoms with Gasteiger partial charge in [0.2, 0.25) is 0 Å². The molecule has 0 aliphatic rings. The molecule has 116 valence electrons. The summed E-state index contributed by atoms with van der Waals surface area (Å²) < 4.78 is 10.2. The van der Waals surface area contributed by atoms with Crippen molar-refractivity contribution in [2.24, 2.45) is 0 Å². The minimum absolute atomic E-state index is 0.181. The zero-order valence-corrected chi connectivity index (χ0v) is 13.4. The highest BCUT2D eigenvalue weighted by Gasteiger charge is 2.22. The largest absolute Gasteiger partial charge is 0.465 e. The van der Waals surface area contributed by atoms with Crippen LogP contribution in [0.25, 0.3) is 0 Å². The number of nitrogens with zero attached hydrogens (tertiary/aromatic N) is 1. The van der Waals surface area contributed by atoms with Crippen molar-refractivity contribution in [3.63, 3.8) is 0 Å². The summed E-state index contributed by atoms with van der Waals surface area (Å²) in [6.07, 6.45) is 2.05. The van der Waals surface area contributed by atoms with Crippen LogP contribution in [0.3, 0.4) is 0 Å². The number of nitriles is 1. The average Bonchev–Trinajstić information content (AvgIpc) is 2.77. The molecule has 0 spiro atoms. The fraction of sp³-hybridized carbons (Fsp3) is 0.571. The number of hydrogen-bond acceptors (Lipinski definition) is 7. The third kappa shape index (κ3) is 4.92. The van der Waals surface area contributed by atoms with Crippen LogP contribution in [0.4, 0.5) is 10.7 Å². The normalized spacial score (nSPS) is 10.4. The summed E-state index contributed by atoms with van der Waals surface area (Å²) in [6.45, 7) is 5.38. The van der Waals surface area contributed by atoms with E-state index in [2.05, 4.69) is 5.32 Å². The number of unbranched alkanes of at least 4 members (excludes halogenated alkanes) is 1. The highest BCUT2D eigenvalue weighted by atomic mass is 32.1. The fourth-order valence-electron chi connectivity index (χ4n) is 1.70. The summed E-state index contributed by atoms with van der Waals surface area (Å²) in [4.78, 5) is 12.0. The number of esters is 1. The van der Waals surface area contributed by atoms with Crippen LogP contribution in [0.5, 0.6) is 0 Å². The number of nitrogens with two attached hydrogens (primary N) is 1. The molecular weight excluding hydrogens is 290 g/mol. The molecule has 1 aromatic heterocycles. The van der Waals surface area contributed by atoms with Gasteiger partial charge in [-0.3, -0.25) is 0 Å². The molecule has 6 nitrogen and oxygen atoms in total. The molecule has 0 aliphatic heterocycles. The molecule has 3 N–H and O–H groups in total. The first-order valence-corrected chi connectivity index (χ1v) is 7.59. The van der Waals surface area contributed by atoms with Crippen LogP contribution >= 0.6 is 11.3 Å². The summed E-state index contributed by atoms with van der Waals surface area (Å²) in [5.74, 6) is -0.532. The molecular formula is C14H21N3O3S. The Kier molecular flexibility index (Phi) is 6.99. The molecule has 0 amide bonds. The second-order valence-corrected chi connectivity index (χ2v) is 5.73. The van der Waals surface area contributed by atoms with E-state index in [4.69, 9.17) is 20.5 Å². The first kappa shape index (κ1) is 17.3. The first-order chi connectivity index (χ1) is 10.0. The molecule has 0 radical (unpaired) electrons. The van der Waals surface area contributed by atoms with Crippen LogP contribution in [0.1, 0.15) is 41.9 Å². The number of nitrogen functional groups attached to an aromatic ring is 1. The Morgan fingerprint density at radius 3 is 2.76 bits per heavy atom. The van der Waals surface area contributed by atoms with Crippen LogP contribution in [0.2, 0.25) is 0 Å². The standard InChI is InChI=1S/C14H21N3O3S/c1-9(2)20-7-5-4-6-17-13-11(14(18)19-3)12(16)10(8-15)21-13/h9,17H,4-7,16H2,1-3H3. The minimum atomic E-state index is -0.532. The summed E-state index contributed by atoms with van der Waals surface area (Å²) >= 11 is 1.17. The SMILES string of the molecule is COC(=O)c1c(NCCCCOC(C)C)sc(C#N)c1N. The summed E-state index contributed by atoms with van der Waals surface area (Å²) in [5, 5.41) is 12.7. The van der Waals surface area contributed by atoms with Crippen molar-refractivity contribution in [1.29, 1.82) is 5.26 Å². The minimum Gasteiger partial charge on any atom is -0.465 e. The van der Waals surface area contributed by atoms with Crippen LogP contribution in [-0.2, 0) is 9.47 Å². The van der Waals surface area contributed by atoms with Gasteiger partial charge in [-0.15, -0.1) is 11.3 Å². The number of nitrogens with one attached hydrogen (secondary N) is 1. The third-order valence-electron chi connectivity index (χ3n) is 2.74. The maximum atomic E-state index is 11.7. The molecule has 1 heterocycles. The van der Waals surface area contributed by atoms with Gasteiger partial charge < -0.3 is 20.5 Å².